The molecular formula is C21H22N2O3. The highest BCUT2D eigenvalue weighted by Crippen LogP contribution is 2.23. The first-order valence-electron chi connectivity index (χ1n) is 8.68. The second kappa shape index (κ2) is 7.87. The van der Waals surface area contributed by atoms with Crippen LogP contribution in [-0.2, 0) is 16.0 Å². The second-order valence-corrected chi connectivity index (χ2v) is 6.44. The summed E-state index contributed by atoms with van der Waals surface area (Å²) in [5, 5.41) is 13.4. The lowest BCUT2D eigenvalue weighted by Gasteiger charge is -2.23. The topological polar surface area (TPSA) is 82.2 Å². The van der Waals surface area contributed by atoms with Crippen LogP contribution in [0.2, 0.25) is 0 Å². The number of hydrogen-bond acceptors (Lipinski definition) is 2. The van der Waals surface area contributed by atoms with Crippen molar-refractivity contribution in [2.75, 3.05) is 0 Å². The highest BCUT2D eigenvalue weighted by molar-refractivity contribution is 5.84. The monoisotopic (exact) mass is 350 g/mol. The molecule has 3 N–H and O–H groups in total. The number of aromatic nitrogens is 1. The highest BCUT2D eigenvalue weighted by Gasteiger charge is 2.26. The third-order valence-electron chi connectivity index (χ3n) is 4.66. The first kappa shape index (κ1) is 17.7. The van der Waals surface area contributed by atoms with Crippen molar-refractivity contribution in [1.82, 2.24) is 10.3 Å². The maximum absolute atomic E-state index is 12.5. The molecule has 0 aliphatic rings. The summed E-state index contributed by atoms with van der Waals surface area (Å²) in [7, 11) is 0. The number of H-pyrrole nitrogens is 1. The molecule has 1 aromatic heterocycles. The Balaban J connectivity index is 1.69. The quantitative estimate of drug-likeness (QED) is 0.608. The number of aryl methyl sites for hydroxylation is 1. The molecule has 0 fully saturated rings. The van der Waals surface area contributed by atoms with Crippen molar-refractivity contribution in [3.8, 4) is 0 Å². The van der Waals surface area contributed by atoms with Gasteiger partial charge in [-0.2, -0.15) is 0 Å². The zero-order chi connectivity index (χ0) is 18.5. The fraction of sp³-hybridized carbons (Fsp3) is 0.238. The minimum Gasteiger partial charge on any atom is -0.481 e. The predicted octanol–water partition coefficient (Wildman–Crippen LogP) is 3.68. The first-order valence-corrected chi connectivity index (χ1v) is 8.68. The van der Waals surface area contributed by atoms with E-state index in [2.05, 4.69) is 10.3 Å². The Bertz CT molecular complexity index is 902. The Hall–Kier alpha value is -3.08. The van der Waals surface area contributed by atoms with Crippen molar-refractivity contribution in [3.05, 3.63) is 71.9 Å². The van der Waals surface area contributed by atoms with Crippen LogP contribution in [0, 0.1) is 5.92 Å². The average Bonchev–Trinajstić information content (AvgIpc) is 3.07. The summed E-state index contributed by atoms with van der Waals surface area (Å²) in [5.41, 5.74) is 2.92. The van der Waals surface area contributed by atoms with E-state index in [9.17, 15) is 14.7 Å². The number of amides is 1. The number of aromatic amines is 1. The lowest BCUT2D eigenvalue weighted by atomic mass is 9.94. The highest BCUT2D eigenvalue weighted by atomic mass is 16.4. The summed E-state index contributed by atoms with van der Waals surface area (Å²) in [4.78, 5) is 27.1. The predicted molar refractivity (Wildman–Crippen MR) is 101 cm³/mol. The number of rotatable bonds is 7. The van der Waals surface area contributed by atoms with Crippen LogP contribution in [0.5, 0.6) is 0 Å². The normalized spacial score (nSPS) is 13.3. The summed E-state index contributed by atoms with van der Waals surface area (Å²) >= 11 is 0. The summed E-state index contributed by atoms with van der Waals surface area (Å²) in [5.74, 6) is -1.80. The largest absolute Gasteiger partial charge is 0.481 e. The van der Waals surface area contributed by atoms with Gasteiger partial charge in [-0.1, -0.05) is 48.5 Å². The fourth-order valence-electron chi connectivity index (χ4n) is 3.13. The summed E-state index contributed by atoms with van der Waals surface area (Å²) in [6.07, 6.45) is 2.82. The van der Waals surface area contributed by atoms with Gasteiger partial charge in [-0.05, 0) is 30.5 Å². The molecule has 0 spiro atoms. The van der Waals surface area contributed by atoms with E-state index in [1.165, 1.54) is 0 Å². The van der Waals surface area contributed by atoms with Gasteiger partial charge in [0.25, 0.3) is 0 Å². The molecule has 0 aliphatic carbocycles. The molecule has 0 saturated heterocycles. The zero-order valence-electron chi connectivity index (χ0n) is 14.6. The number of carbonyl (C=O) groups excluding carboxylic acids is 1. The van der Waals surface area contributed by atoms with Gasteiger partial charge in [0, 0.05) is 23.5 Å². The van der Waals surface area contributed by atoms with Gasteiger partial charge in [0.05, 0.1) is 12.0 Å². The van der Waals surface area contributed by atoms with Gasteiger partial charge in [-0.25, -0.2) is 0 Å². The maximum Gasteiger partial charge on any atom is 0.308 e. The van der Waals surface area contributed by atoms with Crippen LogP contribution in [-0.4, -0.2) is 22.0 Å². The first-order chi connectivity index (χ1) is 12.6. The van der Waals surface area contributed by atoms with Gasteiger partial charge < -0.3 is 15.4 Å². The lowest BCUT2D eigenvalue weighted by Crippen LogP contribution is -2.35. The number of carbonyl (C=O) groups is 2. The van der Waals surface area contributed by atoms with Crippen LogP contribution < -0.4 is 5.32 Å². The number of fused-ring (bicyclic) bond motifs is 1. The van der Waals surface area contributed by atoms with Crippen molar-refractivity contribution < 1.29 is 14.7 Å². The van der Waals surface area contributed by atoms with Crippen molar-refractivity contribution in [1.29, 1.82) is 0 Å². The van der Waals surface area contributed by atoms with E-state index in [-0.39, 0.29) is 5.91 Å². The smallest absolute Gasteiger partial charge is 0.308 e. The Morgan fingerprint density at radius 3 is 2.50 bits per heavy atom. The van der Waals surface area contributed by atoms with Gasteiger partial charge in [-0.3, -0.25) is 9.59 Å². The third kappa shape index (κ3) is 3.94. The minimum absolute atomic E-state index is 0.155. The van der Waals surface area contributed by atoms with Crippen molar-refractivity contribution >= 4 is 22.8 Å². The molecule has 2 aromatic carbocycles. The minimum atomic E-state index is -0.934. The molecule has 3 rings (SSSR count). The number of para-hydroxylation sites is 1. The molecular weight excluding hydrogens is 328 g/mol. The van der Waals surface area contributed by atoms with Gasteiger partial charge in [0.15, 0.2) is 0 Å². The number of benzene rings is 2. The number of carboxylic acid groups (broad SMARTS) is 1. The third-order valence-corrected chi connectivity index (χ3v) is 4.66. The number of carboxylic acids is 1. The maximum atomic E-state index is 12.5. The average molecular weight is 350 g/mol. The van der Waals surface area contributed by atoms with E-state index in [1.54, 1.807) is 6.92 Å². The molecule has 0 saturated carbocycles. The van der Waals surface area contributed by atoms with Crippen molar-refractivity contribution in [2.24, 2.45) is 5.92 Å². The van der Waals surface area contributed by atoms with Crippen molar-refractivity contribution in [3.63, 3.8) is 0 Å². The summed E-state index contributed by atoms with van der Waals surface area (Å²) in [6.45, 7) is 1.61. The molecule has 5 heteroatoms. The van der Waals surface area contributed by atoms with Crippen LogP contribution in [0.15, 0.2) is 60.8 Å². The lowest BCUT2D eigenvalue weighted by molar-refractivity contribution is -0.142. The summed E-state index contributed by atoms with van der Waals surface area (Å²) < 4.78 is 0. The Kier molecular flexibility index (Phi) is 5.37. The molecule has 0 radical (unpaired) electrons. The molecule has 1 heterocycles. The van der Waals surface area contributed by atoms with Crippen LogP contribution in [0.25, 0.3) is 10.9 Å². The van der Waals surface area contributed by atoms with Crippen LogP contribution in [0.3, 0.4) is 0 Å². The Morgan fingerprint density at radius 2 is 1.77 bits per heavy atom. The van der Waals surface area contributed by atoms with Gasteiger partial charge in [0.1, 0.15) is 0 Å². The standard InChI is InChI=1S/C21H22N2O3/c1-14(21(25)26)20(15-7-3-2-4-8-15)23-19(24)12-11-16-13-22-18-10-6-5-9-17(16)18/h2-10,13-14,20,22H,11-12H2,1H3,(H,23,24)(H,25,26)/t14-,20-/m0/s1. The van der Waals surface area contributed by atoms with Crippen LogP contribution in [0.4, 0.5) is 0 Å². The Labute approximate surface area is 152 Å². The number of hydrogen-bond donors (Lipinski definition) is 3. The zero-order valence-corrected chi connectivity index (χ0v) is 14.6. The molecule has 26 heavy (non-hydrogen) atoms. The van der Waals surface area contributed by atoms with E-state index >= 15 is 0 Å². The van der Waals surface area contributed by atoms with Crippen molar-refractivity contribution in [2.45, 2.75) is 25.8 Å². The SMILES string of the molecule is C[C@H](C(=O)O)[C@H](NC(=O)CCc1c[nH]c2ccccc12)c1ccccc1. The summed E-state index contributed by atoms with van der Waals surface area (Å²) in [6, 6.07) is 16.6. The van der Waals surface area contributed by atoms with E-state index in [0.717, 1.165) is 22.0 Å². The molecule has 1 amide bonds. The van der Waals surface area contributed by atoms with Crippen LogP contribution in [0.1, 0.15) is 30.5 Å². The molecule has 0 bridgehead atoms. The fourth-order valence-corrected chi connectivity index (χ4v) is 3.13. The van der Waals surface area contributed by atoms with E-state index in [4.69, 9.17) is 0 Å². The molecule has 134 valence electrons. The molecule has 3 aromatic rings. The van der Waals surface area contributed by atoms with E-state index < -0.39 is 17.9 Å². The van der Waals surface area contributed by atoms with Gasteiger partial charge >= 0.3 is 5.97 Å². The molecule has 0 unspecified atom stereocenters. The van der Waals surface area contributed by atoms with Gasteiger partial charge in [-0.15, -0.1) is 0 Å². The Morgan fingerprint density at radius 1 is 1.08 bits per heavy atom. The number of aliphatic carboxylic acids is 1. The van der Waals surface area contributed by atoms with Crippen LogP contribution >= 0.6 is 0 Å². The second-order valence-electron chi connectivity index (χ2n) is 6.44. The molecule has 5 nitrogen and oxygen atoms in total. The van der Waals surface area contributed by atoms with Gasteiger partial charge in [0.2, 0.25) is 5.91 Å². The number of nitrogens with one attached hydrogen (secondary N) is 2. The molecule has 0 aliphatic heterocycles. The van der Waals surface area contributed by atoms with E-state index in [0.29, 0.717) is 12.8 Å². The molecule has 2 atom stereocenters. The van der Waals surface area contributed by atoms with E-state index in [1.807, 2.05) is 60.8 Å².